The van der Waals surface area contributed by atoms with Crippen molar-refractivity contribution in [3.05, 3.63) is 59.7 Å². The van der Waals surface area contributed by atoms with Gasteiger partial charge in [0, 0.05) is 5.56 Å². The van der Waals surface area contributed by atoms with Gasteiger partial charge in [-0.1, -0.05) is 24.3 Å². The van der Waals surface area contributed by atoms with Gasteiger partial charge in [-0.3, -0.25) is 4.79 Å². The van der Waals surface area contributed by atoms with Gasteiger partial charge < -0.3 is 14.8 Å². The highest BCUT2D eigenvalue weighted by atomic mass is 16.5. The van der Waals surface area contributed by atoms with Crippen LogP contribution < -0.4 is 14.8 Å². The van der Waals surface area contributed by atoms with Gasteiger partial charge in [-0.15, -0.1) is 0 Å². The second-order valence-electron chi connectivity index (χ2n) is 5.13. The van der Waals surface area contributed by atoms with Gasteiger partial charge in [-0.25, -0.2) is 0 Å². The normalized spacial score (nSPS) is 11.6. The SMILES string of the molecule is CCOc1ccc([C@H](C)NC(=O)c2ccccc2)cc1OCC. The maximum atomic E-state index is 12.2. The van der Waals surface area contributed by atoms with E-state index >= 15 is 0 Å². The number of benzene rings is 2. The number of rotatable bonds is 7. The Hall–Kier alpha value is -2.49. The molecule has 0 saturated carbocycles. The summed E-state index contributed by atoms with van der Waals surface area (Å²) in [7, 11) is 0. The van der Waals surface area contributed by atoms with Crippen molar-refractivity contribution in [2.45, 2.75) is 26.8 Å². The molecular weight excluding hydrogens is 290 g/mol. The first-order valence-corrected chi connectivity index (χ1v) is 7.91. The monoisotopic (exact) mass is 313 g/mol. The van der Waals surface area contributed by atoms with E-state index in [2.05, 4.69) is 5.32 Å². The molecule has 0 aliphatic heterocycles. The Balaban J connectivity index is 2.14. The van der Waals surface area contributed by atoms with Crippen LogP contribution in [-0.4, -0.2) is 19.1 Å². The van der Waals surface area contributed by atoms with Crippen molar-refractivity contribution in [1.82, 2.24) is 5.32 Å². The number of amides is 1. The molecule has 122 valence electrons. The minimum absolute atomic E-state index is 0.0926. The zero-order chi connectivity index (χ0) is 16.7. The van der Waals surface area contributed by atoms with Gasteiger partial charge in [0.05, 0.1) is 19.3 Å². The summed E-state index contributed by atoms with van der Waals surface area (Å²) in [5.41, 5.74) is 1.62. The fraction of sp³-hybridized carbons (Fsp3) is 0.316. The molecule has 0 bridgehead atoms. The van der Waals surface area contributed by atoms with Crippen LogP contribution in [0.4, 0.5) is 0 Å². The number of nitrogens with one attached hydrogen (secondary N) is 1. The molecule has 4 nitrogen and oxygen atoms in total. The number of carbonyl (C=O) groups excluding carboxylic acids is 1. The summed E-state index contributed by atoms with van der Waals surface area (Å²) in [6.45, 7) is 6.97. The number of hydrogen-bond acceptors (Lipinski definition) is 3. The van der Waals surface area contributed by atoms with Gasteiger partial charge in [-0.05, 0) is 50.6 Å². The van der Waals surface area contributed by atoms with Crippen LogP contribution in [0.2, 0.25) is 0 Å². The molecule has 2 aromatic carbocycles. The summed E-state index contributed by atoms with van der Waals surface area (Å²) >= 11 is 0. The number of carbonyl (C=O) groups is 1. The molecular formula is C19H23NO3. The minimum Gasteiger partial charge on any atom is -0.490 e. The van der Waals surface area contributed by atoms with E-state index in [0.717, 1.165) is 11.3 Å². The van der Waals surface area contributed by atoms with Crippen LogP contribution in [0.3, 0.4) is 0 Å². The molecule has 0 heterocycles. The topological polar surface area (TPSA) is 47.6 Å². The molecule has 2 rings (SSSR count). The summed E-state index contributed by atoms with van der Waals surface area (Å²) in [6, 6.07) is 14.8. The van der Waals surface area contributed by atoms with Crippen molar-refractivity contribution < 1.29 is 14.3 Å². The Morgan fingerprint density at radius 1 is 1.00 bits per heavy atom. The molecule has 1 amide bonds. The van der Waals surface area contributed by atoms with E-state index in [1.165, 1.54) is 0 Å². The largest absolute Gasteiger partial charge is 0.490 e. The minimum atomic E-state index is -0.127. The van der Waals surface area contributed by atoms with E-state index in [9.17, 15) is 4.79 Å². The number of hydrogen-bond donors (Lipinski definition) is 1. The van der Waals surface area contributed by atoms with Gasteiger partial charge in [0.15, 0.2) is 11.5 Å². The molecule has 0 fully saturated rings. The quantitative estimate of drug-likeness (QED) is 0.841. The first-order chi connectivity index (χ1) is 11.2. The Bertz CT molecular complexity index is 640. The summed E-state index contributed by atoms with van der Waals surface area (Å²) in [4.78, 5) is 12.2. The lowest BCUT2D eigenvalue weighted by Crippen LogP contribution is -2.26. The highest BCUT2D eigenvalue weighted by Gasteiger charge is 2.14. The summed E-state index contributed by atoms with van der Waals surface area (Å²) in [5, 5.41) is 3.00. The van der Waals surface area contributed by atoms with E-state index in [4.69, 9.17) is 9.47 Å². The first kappa shape index (κ1) is 16.9. The Labute approximate surface area is 137 Å². The van der Waals surface area contributed by atoms with E-state index in [1.54, 1.807) is 12.1 Å². The number of ether oxygens (including phenoxy) is 2. The third-order valence-corrected chi connectivity index (χ3v) is 3.45. The molecule has 1 N–H and O–H groups in total. The molecule has 0 saturated heterocycles. The van der Waals surface area contributed by atoms with Crippen LogP contribution in [0.5, 0.6) is 11.5 Å². The van der Waals surface area contributed by atoms with Crippen LogP contribution in [0.15, 0.2) is 48.5 Å². The van der Waals surface area contributed by atoms with E-state index in [1.807, 2.05) is 57.2 Å². The van der Waals surface area contributed by atoms with Crippen molar-refractivity contribution in [1.29, 1.82) is 0 Å². The molecule has 0 radical (unpaired) electrons. The van der Waals surface area contributed by atoms with Crippen LogP contribution >= 0.6 is 0 Å². The molecule has 0 spiro atoms. The fourth-order valence-corrected chi connectivity index (χ4v) is 2.29. The second kappa shape index (κ2) is 8.22. The standard InChI is InChI=1S/C19H23NO3/c1-4-22-17-12-11-16(13-18(17)23-5-2)14(3)20-19(21)15-9-7-6-8-10-15/h6-14H,4-5H2,1-3H3,(H,20,21)/t14-/m0/s1. The highest BCUT2D eigenvalue weighted by molar-refractivity contribution is 5.94. The maximum absolute atomic E-state index is 12.2. The second-order valence-corrected chi connectivity index (χ2v) is 5.13. The fourth-order valence-electron chi connectivity index (χ4n) is 2.29. The smallest absolute Gasteiger partial charge is 0.251 e. The Morgan fingerprint density at radius 3 is 2.30 bits per heavy atom. The van der Waals surface area contributed by atoms with E-state index in [-0.39, 0.29) is 11.9 Å². The van der Waals surface area contributed by atoms with Gasteiger partial charge in [0.2, 0.25) is 0 Å². The van der Waals surface area contributed by atoms with E-state index < -0.39 is 0 Å². The summed E-state index contributed by atoms with van der Waals surface area (Å²) in [6.07, 6.45) is 0. The summed E-state index contributed by atoms with van der Waals surface area (Å²) < 4.78 is 11.2. The van der Waals surface area contributed by atoms with Gasteiger partial charge in [0.25, 0.3) is 5.91 Å². The van der Waals surface area contributed by atoms with Crippen molar-refractivity contribution in [3.8, 4) is 11.5 Å². The van der Waals surface area contributed by atoms with Crippen LogP contribution in [0.25, 0.3) is 0 Å². The Kier molecular flexibility index (Phi) is 6.03. The average molecular weight is 313 g/mol. The Morgan fingerprint density at radius 2 is 1.65 bits per heavy atom. The first-order valence-electron chi connectivity index (χ1n) is 7.91. The van der Waals surface area contributed by atoms with Crippen molar-refractivity contribution in [2.24, 2.45) is 0 Å². The lowest BCUT2D eigenvalue weighted by atomic mass is 10.1. The van der Waals surface area contributed by atoms with Gasteiger partial charge >= 0.3 is 0 Å². The average Bonchev–Trinajstić information content (AvgIpc) is 2.57. The van der Waals surface area contributed by atoms with Gasteiger partial charge in [-0.2, -0.15) is 0 Å². The zero-order valence-electron chi connectivity index (χ0n) is 13.8. The molecule has 0 unspecified atom stereocenters. The molecule has 0 aromatic heterocycles. The van der Waals surface area contributed by atoms with E-state index in [0.29, 0.717) is 24.5 Å². The van der Waals surface area contributed by atoms with Crippen molar-refractivity contribution in [3.63, 3.8) is 0 Å². The molecule has 1 atom stereocenters. The van der Waals surface area contributed by atoms with Crippen LogP contribution in [-0.2, 0) is 0 Å². The van der Waals surface area contributed by atoms with Crippen LogP contribution in [0, 0.1) is 0 Å². The zero-order valence-corrected chi connectivity index (χ0v) is 13.8. The van der Waals surface area contributed by atoms with Crippen molar-refractivity contribution >= 4 is 5.91 Å². The molecule has 2 aromatic rings. The maximum Gasteiger partial charge on any atom is 0.251 e. The third-order valence-electron chi connectivity index (χ3n) is 3.45. The molecule has 23 heavy (non-hydrogen) atoms. The molecule has 4 heteroatoms. The highest BCUT2D eigenvalue weighted by Crippen LogP contribution is 2.30. The lowest BCUT2D eigenvalue weighted by Gasteiger charge is -2.17. The van der Waals surface area contributed by atoms with Crippen molar-refractivity contribution in [2.75, 3.05) is 13.2 Å². The van der Waals surface area contributed by atoms with Crippen LogP contribution in [0.1, 0.15) is 42.7 Å². The third kappa shape index (κ3) is 4.49. The predicted octanol–water partition coefficient (Wildman–Crippen LogP) is 3.98. The predicted molar refractivity (Wildman–Crippen MR) is 91.1 cm³/mol. The molecule has 0 aliphatic rings. The van der Waals surface area contributed by atoms with Gasteiger partial charge in [0.1, 0.15) is 0 Å². The summed E-state index contributed by atoms with van der Waals surface area (Å²) in [5.74, 6) is 1.33. The lowest BCUT2D eigenvalue weighted by molar-refractivity contribution is 0.0940. The molecule has 0 aliphatic carbocycles.